The van der Waals surface area contributed by atoms with E-state index in [-0.39, 0.29) is 11.5 Å². The van der Waals surface area contributed by atoms with Gasteiger partial charge in [-0.1, -0.05) is 42.5 Å². The molecule has 0 fully saturated rings. The van der Waals surface area contributed by atoms with Crippen LogP contribution in [0.25, 0.3) is 0 Å². The summed E-state index contributed by atoms with van der Waals surface area (Å²) in [4.78, 5) is 24.9. The molecule has 26 heavy (non-hydrogen) atoms. The second-order valence-electron chi connectivity index (χ2n) is 6.53. The Hall–Kier alpha value is -3.14. The maximum Gasteiger partial charge on any atom is 0.257 e. The molecule has 0 aliphatic rings. The monoisotopic (exact) mass is 346 g/mol. The average Bonchev–Trinajstić information content (AvgIpc) is 2.62. The number of rotatable bonds is 4. The van der Waals surface area contributed by atoms with E-state index in [0.717, 1.165) is 27.9 Å². The van der Waals surface area contributed by atoms with Gasteiger partial charge in [-0.25, -0.2) is 0 Å². The van der Waals surface area contributed by atoms with Crippen molar-refractivity contribution in [1.82, 2.24) is 4.57 Å². The van der Waals surface area contributed by atoms with Crippen LogP contribution in [0.5, 0.6) is 0 Å². The van der Waals surface area contributed by atoms with E-state index < -0.39 is 0 Å². The number of pyridine rings is 1. The molecular formula is C22H22N2O2. The fraction of sp³-hybridized carbons (Fsp3) is 0.182. The van der Waals surface area contributed by atoms with Crippen molar-refractivity contribution in [3.05, 3.63) is 99.0 Å². The third kappa shape index (κ3) is 3.75. The van der Waals surface area contributed by atoms with E-state index >= 15 is 0 Å². The van der Waals surface area contributed by atoms with Gasteiger partial charge in [0, 0.05) is 18.0 Å². The molecule has 0 bridgehead atoms. The van der Waals surface area contributed by atoms with Crippen molar-refractivity contribution >= 4 is 11.6 Å². The van der Waals surface area contributed by atoms with Gasteiger partial charge in [0.1, 0.15) is 0 Å². The van der Waals surface area contributed by atoms with Crippen LogP contribution in [-0.4, -0.2) is 10.5 Å². The molecule has 3 aromatic rings. The molecule has 0 saturated carbocycles. The molecule has 1 aromatic heterocycles. The predicted molar refractivity (Wildman–Crippen MR) is 105 cm³/mol. The minimum Gasteiger partial charge on any atom is -0.321 e. The first kappa shape index (κ1) is 17.7. The number of aryl methyl sites for hydroxylation is 3. The Morgan fingerprint density at radius 3 is 2.23 bits per heavy atom. The zero-order valence-electron chi connectivity index (χ0n) is 15.2. The lowest BCUT2D eigenvalue weighted by Gasteiger charge is -2.13. The number of carbonyl (C=O) groups is 1. The van der Waals surface area contributed by atoms with Crippen LogP contribution in [0.2, 0.25) is 0 Å². The molecular weight excluding hydrogens is 324 g/mol. The Morgan fingerprint density at radius 2 is 1.54 bits per heavy atom. The second-order valence-corrected chi connectivity index (χ2v) is 6.53. The maximum atomic E-state index is 12.7. The van der Waals surface area contributed by atoms with E-state index in [1.807, 2.05) is 63.2 Å². The highest BCUT2D eigenvalue weighted by Gasteiger charge is 2.11. The standard InChI is InChI=1S/C22H22N2O2/c1-15-7-4-5-10-18(15)13-24-14-19(11-12-20(24)25)22(26)23-21-16(2)8-6-9-17(21)3/h4-12,14H,13H2,1-3H3,(H,23,26). The summed E-state index contributed by atoms with van der Waals surface area (Å²) in [6, 6.07) is 16.8. The minimum absolute atomic E-state index is 0.128. The van der Waals surface area contributed by atoms with E-state index in [1.165, 1.54) is 6.07 Å². The molecule has 4 nitrogen and oxygen atoms in total. The zero-order chi connectivity index (χ0) is 18.7. The highest BCUT2D eigenvalue weighted by molar-refractivity contribution is 6.04. The van der Waals surface area contributed by atoms with Gasteiger partial charge >= 0.3 is 0 Å². The molecule has 0 aliphatic heterocycles. The first-order valence-corrected chi connectivity index (χ1v) is 8.58. The molecule has 3 rings (SSSR count). The predicted octanol–water partition coefficient (Wildman–Crippen LogP) is 4.07. The molecule has 132 valence electrons. The van der Waals surface area contributed by atoms with Gasteiger partial charge in [-0.2, -0.15) is 0 Å². The van der Waals surface area contributed by atoms with Gasteiger partial charge in [0.25, 0.3) is 11.5 Å². The smallest absolute Gasteiger partial charge is 0.257 e. The number of amides is 1. The van der Waals surface area contributed by atoms with Crippen molar-refractivity contribution in [1.29, 1.82) is 0 Å². The van der Waals surface area contributed by atoms with Crippen LogP contribution in [0.1, 0.15) is 32.6 Å². The van der Waals surface area contributed by atoms with Gasteiger partial charge in [-0.05, 0) is 49.1 Å². The van der Waals surface area contributed by atoms with Crippen molar-refractivity contribution in [2.45, 2.75) is 27.3 Å². The third-order valence-corrected chi connectivity index (χ3v) is 4.57. The summed E-state index contributed by atoms with van der Waals surface area (Å²) in [6.45, 7) is 6.37. The molecule has 1 heterocycles. The van der Waals surface area contributed by atoms with Crippen LogP contribution in [0, 0.1) is 20.8 Å². The van der Waals surface area contributed by atoms with E-state index in [1.54, 1.807) is 16.8 Å². The van der Waals surface area contributed by atoms with Crippen molar-refractivity contribution in [3.8, 4) is 0 Å². The molecule has 0 aliphatic carbocycles. The molecule has 2 aromatic carbocycles. The molecule has 1 amide bonds. The van der Waals surface area contributed by atoms with E-state index in [4.69, 9.17) is 0 Å². The Balaban J connectivity index is 1.88. The Labute approximate surface area is 153 Å². The van der Waals surface area contributed by atoms with E-state index in [0.29, 0.717) is 12.1 Å². The van der Waals surface area contributed by atoms with Crippen LogP contribution in [0.3, 0.4) is 0 Å². The summed E-state index contributed by atoms with van der Waals surface area (Å²) in [5, 5.41) is 2.96. The summed E-state index contributed by atoms with van der Waals surface area (Å²) >= 11 is 0. The lowest BCUT2D eigenvalue weighted by molar-refractivity contribution is 0.102. The van der Waals surface area contributed by atoms with Crippen LogP contribution in [0.4, 0.5) is 5.69 Å². The molecule has 0 radical (unpaired) electrons. The highest BCUT2D eigenvalue weighted by Crippen LogP contribution is 2.20. The average molecular weight is 346 g/mol. The van der Waals surface area contributed by atoms with Crippen molar-refractivity contribution in [2.75, 3.05) is 5.32 Å². The molecule has 1 N–H and O–H groups in total. The fourth-order valence-corrected chi connectivity index (χ4v) is 2.96. The van der Waals surface area contributed by atoms with Crippen LogP contribution in [0.15, 0.2) is 65.6 Å². The zero-order valence-corrected chi connectivity index (χ0v) is 15.2. The third-order valence-electron chi connectivity index (χ3n) is 4.57. The van der Waals surface area contributed by atoms with Gasteiger partial charge in [0.2, 0.25) is 0 Å². The highest BCUT2D eigenvalue weighted by atomic mass is 16.2. The molecule has 4 heteroatoms. The lowest BCUT2D eigenvalue weighted by atomic mass is 10.1. The van der Waals surface area contributed by atoms with Crippen LogP contribution in [-0.2, 0) is 6.54 Å². The lowest BCUT2D eigenvalue weighted by Crippen LogP contribution is -2.23. The molecule has 0 saturated heterocycles. The van der Waals surface area contributed by atoms with Crippen molar-refractivity contribution in [2.24, 2.45) is 0 Å². The Bertz CT molecular complexity index is 998. The normalized spacial score (nSPS) is 10.6. The second kappa shape index (κ2) is 7.40. The number of benzene rings is 2. The van der Waals surface area contributed by atoms with Crippen molar-refractivity contribution in [3.63, 3.8) is 0 Å². The minimum atomic E-state index is -0.221. The number of carbonyl (C=O) groups excluding carboxylic acids is 1. The number of nitrogens with one attached hydrogen (secondary N) is 1. The molecule has 0 spiro atoms. The van der Waals surface area contributed by atoms with Crippen LogP contribution >= 0.6 is 0 Å². The molecule has 0 atom stereocenters. The largest absolute Gasteiger partial charge is 0.321 e. The first-order chi connectivity index (χ1) is 12.5. The number of hydrogen-bond acceptors (Lipinski definition) is 2. The number of para-hydroxylation sites is 1. The summed E-state index contributed by atoms with van der Waals surface area (Å²) in [6.07, 6.45) is 1.62. The van der Waals surface area contributed by atoms with E-state index in [2.05, 4.69) is 5.32 Å². The van der Waals surface area contributed by atoms with Gasteiger partial charge in [0.15, 0.2) is 0 Å². The topological polar surface area (TPSA) is 51.1 Å². The molecule has 0 unspecified atom stereocenters. The van der Waals surface area contributed by atoms with Gasteiger partial charge < -0.3 is 9.88 Å². The quantitative estimate of drug-likeness (QED) is 0.774. The van der Waals surface area contributed by atoms with Gasteiger partial charge in [0.05, 0.1) is 12.1 Å². The number of aromatic nitrogens is 1. The SMILES string of the molecule is Cc1ccccc1Cn1cc(C(=O)Nc2c(C)cccc2C)ccc1=O. The first-order valence-electron chi connectivity index (χ1n) is 8.58. The summed E-state index contributed by atoms with van der Waals surface area (Å²) in [5.74, 6) is -0.221. The summed E-state index contributed by atoms with van der Waals surface area (Å²) in [7, 11) is 0. The number of anilines is 1. The number of hydrogen-bond donors (Lipinski definition) is 1. The summed E-state index contributed by atoms with van der Waals surface area (Å²) in [5.41, 5.74) is 5.33. The fourth-order valence-electron chi connectivity index (χ4n) is 2.96. The van der Waals surface area contributed by atoms with Gasteiger partial charge in [-0.3, -0.25) is 9.59 Å². The Morgan fingerprint density at radius 1 is 0.885 bits per heavy atom. The van der Waals surface area contributed by atoms with Gasteiger partial charge in [-0.15, -0.1) is 0 Å². The van der Waals surface area contributed by atoms with Crippen LogP contribution < -0.4 is 10.9 Å². The maximum absolute atomic E-state index is 12.7. The van der Waals surface area contributed by atoms with E-state index in [9.17, 15) is 9.59 Å². The van der Waals surface area contributed by atoms with Crippen molar-refractivity contribution < 1.29 is 4.79 Å². The Kier molecular flexibility index (Phi) is 5.03. The summed E-state index contributed by atoms with van der Waals surface area (Å²) < 4.78 is 1.57. The number of nitrogens with zero attached hydrogens (tertiary/aromatic N) is 1.